The van der Waals surface area contributed by atoms with Crippen LogP contribution in [0.3, 0.4) is 0 Å². The summed E-state index contributed by atoms with van der Waals surface area (Å²) in [7, 11) is 1.19. The van der Waals surface area contributed by atoms with Gasteiger partial charge in [-0.1, -0.05) is 35.3 Å². The lowest BCUT2D eigenvalue weighted by Crippen LogP contribution is -2.18. The van der Waals surface area contributed by atoms with E-state index in [0.717, 1.165) is 0 Å². The van der Waals surface area contributed by atoms with E-state index >= 15 is 0 Å². The van der Waals surface area contributed by atoms with Gasteiger partial charge in [-0.15, -0.1) is 0 Å². The second-order valence-electron chi connectivity index (χ2n) is 7.25. The van der Waals surface area contributed by atoms with Crippen molar-refractivity contribution in [3.05, 3.63) is 97.5 Å². The van der Waals surface area contributed by atoms with E-state index in [9.17, 15) is 19.7 Å². The maximum absolute atomic E-state index is 13.2. The molecule has 34 heavy (non-hydrogen) atoms. The van der Waals surface area contributed by atoms with Crippen molar-refractivity contribution in [1.82, 2.24) is 0 Å². The number of benzene rings is 2. The summed E-state index contributed by atoms with van der Waals surface area (Å²) in [6, 6.07) is 14.1. The Balaban J connectivity index is 1.79. The summed E-state index contributed by atoms with van der Waals surface area (Å²) in [6.45, 7) is 1.62. The van der Waals surface area contributed by atoms with Crippen molar-refractivity contribution in [1.29, 1.82) is 0 Å². The molecule has 0 saturated heterocycles. The van der Waals surface area contributed by atoms with Gasteiger partial charge in [0.25, 0.3) is 5.69 Å². The minimum atomic E-state index is -0.771. The van der Waals surface area contributed by atoms with E-state index in [1.54, 1.807) is 54.3 Å². The standard InChI is InChI=1S/C24H16Cl2N2O6/c1-13-22(24(30)33-2)23(29)20(27(13)15-6-8-18(25)19(26)11-15)12-17-7-9-21(34-17)14-4-3-5-16(10-14)28(31)32/h3-12H,1-2H3/b20-12+. The van der Waals surface area contributed by atoms with Gasteiger partial charge in [0, 0.05) is 35.2 Å². The molecule has 1 aliphatic heterocycles. The maximum Gasteiger partial charge on any atom is 0.343 e. The van der Waals surface area contributed by atoms with E-state index in [1.807, 2.05) is 0 Å². The molecular formula is C24H16Cl2N2O6. The number of ether oxygens (including phenoxy) is 1. The monoisotopic (exact) mass is 498 g/mol. The predicted octanol–water partition coefficient (Wildman–Crippen LogP) is 6.04. The number of nitro benzene ring substituents is 1. The highest BCUT2D eigenvalue weighted by Crippen LogP contribution is 2.38. The number of nitro groups is 1. The second-order valence-corrected chi connectivity index (χ2v) is 8.07. The van der Waals surface area contributed by atoms with E-state index in [0.29, 0.717) is 33.5 Å². The average molecular weight is 499 g/mol. The van der Waals surface area contributed by atoms with Gasteiger partial charge in [-0.05, 0) is 37.3 Å². The molecule has 0 N–H and O–H groups in total. The first-order valence-corrected chi connectivity index (χ1v) is 10.6. The minimum absolute atomic E-state index is 0.0758. The van der Waals surface area contributed by atoms with Crippen LogP contribution in [0, 0.1) is 10.1 Å². The van der Waals surface area contributed by atoms with Crippen molar-refractivity contribution in [2.45, 2.75) is 6.92 Å². The van der Waals surface area contributed by atoms with Gasteiger partial charge < -0.3 is 14.1 Å². The average Bonchev–Trinajstić information content (AvgIpc) is 3.38. The van der Waals surface area contributed by atoms with Crippen LogP contribution in [0.5, 0.6) is 0 Å². The number of non-ortho nitro benzene ring substituents is 1. The van der Waals surface area contributed by atoms with Gasteiger partial charge in [0.1, 0.15) is 17.1 Å². The topological polar surface area (TPSA) is 103 Å². The molecule has 0 radical (unpaired) electrons. The zero-order valence-electron chi connectivity index (χ0n) is 17.9. The number of rotatable bonds is 5. The number of anilines is 1. The zero-order chi connectivity index (χ0) is 24.6. The third-order valence-electron chi connectivity index (χ3n) is 5.20. The third-order valence-corrected chi connectivity index (χ3v) is 5.94. The lowest BCUT2D eigenvalue weighted by Gasteiger charge is -2.21. The number of Topliss-reactive ketones (excluding diaryl/α,β-unsaturated/α-hetero) is 1. The van der Waals surface area contributed by atoms with Crippen LogP contribution in [-0.4, -0.2) is 23.8 Å². The van der Waals surface area contributed by atoms with Gasteiger partial charge in [0.05, 0.1) is 27.8 Å². The fourth-order valence-electron chi connectivity index (χ4n) is 3.61. The summed E-state index contributed by atoms with van der Waals surface area (Å²) in [5, 5.41) is 11.7. The molecule has 2 aromatic carbocycles. The molecule has 0 aliphatic carbocycles. The first-order valence-electron chi connectivity index (χ1n) is 9.86. The van der Waals surface area contributed by atoms with E-state index in [2.05, 4.69) is 0 Å². The van der Waals surface area contributed by atoms with E-state index < -0.39 is 16.7 Å². The Morgan fingerprint density at radius 1 is 1.12 bits per heavy atom. The van der Waals surface area contributed by atoms with Gasteiger partial charge in [0.15, 0.2) is 0 Å². The van der Waals surface area contributed by atoms with Crippen molar-refractivity contribution in [2.75, 3.05) is 12.0 Å². The molecule has 0 spiro atoms. The number of carbonyl (C=O) groups excluding carboxylic acids is 2. The van der Waals surface area contributed by atoms with Crippen LogP contribution in [-0.2, 0) is 14.3 Å². The first kappa shape index (κ1) is 23.3. The molecule has 2 heterocycles. The largest absolute Gasteiger partial charge is 0.465 e. The van der Waals surface area contributed by atoms with Gasteiger partial charge in [-0.3, -0.25) is 14.9 Å². The number of halogens is 2. The van der Waals surface area contributed by atoms with Crippen LogP contribution in [0.4, 0.5) is 11.4 Å². The van der Waals surface area contributed by atoms with Crippen LogP contribution < -0.4 is 4.90 Å². The molecule has 1 aliphatic rings. The van der Waals surface area contributed by atoms with Crippen LogP contribution in [0.15, 0.2) is 76.0 Å². The zero-order valence-corrected chi connectivity index (χ0v) is 19.4. The molecule has 0 bridgehead atoms. The molecule has 0 atom stereocenters. The molecule has 1 aromatic heterocycles. The molecule has 0 saturated carbocycles. The van der Waals surface area contributed by atoms with E-state index in [4.69, 9.17) is 32.4 Å². The quantitative estimate of drug-likeness (QED) is 0.139. The summed E-state index contributed by atoms with van der Waals surface area (Å²) in [6.07, 6.45) is 1.48. The normalized spacial score (nSPS) is 14.8. The number of furan rings is 1. The van der Waals surface area contributed by atoms with Crippen molar-refractivity contribution in [3.63, 3.8) is 0 Å². The lowest BCUT2D eigenvalue weighted by molar-refractivity contribution is -0.384. The highest BCUT2D eigenvalue weighted by Gasteiger charge is 2.38. The van der Waals surface area contributed by atoms with Gasteiger partial charge in [-0.2, -0.15) is 0 Å². The number of hydrogen-bond donors (Lipinski definition) is 0. The highest BCUT2D eigenvalue weighted by atomic mass is 35.5. The summed E-state index contributed by atoms with van der Waals surface area (Å²) < 4.78 is 10.6. The number of hydrogen-bond acceptors (Lipinski definition) is 7. The fourth-order valence-corrected chi connectivity index (χ4v) is 3.90. The number of ketones is 1. The summed E-state index contributed by atoms with van der Waals surface area (Å²) in [5.41, 5.74) is 1.31. The maximum atomic E-state index is 13.2. The van der Waals surface area contributed by atoms with Crippen molar-refractivity contribution in [3.8, 4) is 11.3 Å². The van der Waals surface area contributed by atoms with Crippen LogP contribution >= 0.6 is 23.2 Å². The Morgan fingerprint density at radius 2 is 1.88 bits per heavy atom. The number of carbonyl (C=O) groups is 2. The molecule has 172 valence electrons. The molecule has 0 unspecified atom stereocenters. The summed E-state index contributed by atoms with van der Waals surface area (Å²) in [5.74, 6) is -0.648. The fraction of sp³-hybridized carbons (Fsp3) is 0.0833. The Bertz CT molecular complexity index is 1410. The number of esters is 1. The third kappa shape index (κ3) is 4.21. The first-order chi connectivity index (χ1) is 16.2. The minimum Gasteiger partial charge on any atom is -0.465 e. The molecule has 3 aromatic rings. The second kappa shape index (κ2) is 9.17. The summed E-state index contributed by atoms with van der Waals surface area (Å²) >= 11 is 12.2. The van der Waals surface area contributed by atoms with Gasteiger partial charge in [0.2, 0.25) is 5.78 Å². The lowest BCUT2D eigenvalue weighted by atomic mass is 10.1. The SMILES string of the molecule is COC(=O)C1=C(C)N(c2ccc(Cl)c(Cl)c2)/C(=C/c2ccc(-c3cccc([N+](=O)[O-])c3)o2)C1=O. The summed E-state index contributed by atoms with van der Waals surface area (Å²) in [4.78, 5) is 37.7. The van der Waals surface area contributed by atoms with Gasteiger partial charge in [-0.25, -0.2) is 4.79 Å². The molecule has 4 rings (SSSR count). The van der Waals surface area contributed by atoms with Crippen molar-refractivity contribution >= 4 is 52.4 Å². The predicted molar refractivity (Wildman–Crippen MR) is 127 cm³/mol. The highest BCUT2D eigenvalue weighted by molar-refractivity contribution is 6.42. The number of methoxy groups -OCH3 is 1. The Labute approximate surface area is 203 Å². The molecule has 8 nitrogen and oxygen atoms in total. The van der Waals surface area contributed by atoms with Crippen LogP contribution in [0.25, 0.3) is 17.4 Å². The Kier molecular flexibility index (Phi) is 6.28. The van der Waals surface area contributed by atoms with E-state index in [1.165, 1.54) is 25.3 Å². The van der Waals surface area contributed by atoms with Gasteiger partial charge >= 0.3 is 5.97 Å². The van der Waals surface area contributed by atoms with Crippen LogP contribution in [0.1, 0.15) is 12.7 Å². The smallest absolute Gasteiger partial charge is 0.343 e. The molecule has 10 heteroatoms. The van der Waals surface area contributed by atoms with Crippen molar-refractivity contribution < 1.29 is 23.7 Å². The number of nitrogens with zero attached hydrogens (tertiary/aromatic N) is 2. The Hall–Kier alpha value is -3.88. The Morgan fingerprint density at radius 3 is 2.56 bits per heavy atom. The van der Waals surface area contributed by atoms with Crippen molar-refractivity contribution in [2.24, 2.45) is 0 Å². The van der Waals surface area contributed by atoms with Crippen LogP contribution in [0.2, 0.25) is 10.0 Å². The molecule has 0 amide bonds. The molecule has 0 fully saturated rings. The molecular weight excluding hydrogens is 483 g/mol. The van der Waals surface area contributed by atoms with E-state index in [-0.39, 0.29) is 22.0 Å². The number of allylic oxidation sites excluding steroid dienone is 2.